The molecule has 1 aromatic carbocycles. The highest BCUT2D eigenvalue weighted by Crippen LogP contribution is 2.29. The maximum atomic E-state index is 13.0. The SMILES string of the molecule is FC(F)C(F)(F)Oc1cccc(Nc2nccc(-c3cccnc3)n2)c1. The second-order valence-corrected chi connectivity index (χ2v) is 5.12. The lowest BCUT2D eigenvalue weighted by molar-refractivity contribution is -0.253. The number of ether oxygens (including phenoxy) is 1. The predicted molar refractivity (Wildman–Crippen MR) is 86.6 cm³/mol. The van der Waals surface area contributed by atoms with Crippen molar-refractivity contribution in [1.82, 2.24) is 15.0 Å². The van der Waals surface area contributed by atoms with Gasteiger partial charge in [0, 0.05) is 35.9 Å². The Bertz CT molecular complexity index is 877. The molecule has 0 radical (unpaired) electrons. The number of benzene rings is 1. The standard InChI is InChI=1S/C17H12F4N4O/c18-15(19)17(20,21)26-13-5-1-4-12(9-13)24-16-23-8-6-14(25-16)11-3-2-7-22-10-11/h1-10,15H,(H,23,24,25). The maximum Gasteiger partial charge on any atom is 0.461 e. The van der Waals surface area contributed by atoms with E-state index >= 15 is 0 Å². The van der Waals surface area contributed by atoms with Crippen LogP contribution in [0.3, 0.4) is 0 Å². The number of aromatic nitrogens is 3. The van der Waals surface area contributed by atoms with Crippen molar-refractivity contribution in [3.8, 4) is 17.0 Å². The molecule has 3 aromatic rings. The van der Waals surface area contributed by atoms with Crippen LogP contribution < -0.4 is 10.1 Å². The first-order chi connectivity index (χ1) is 12.4. The summed E-state index contributed by atoms with van der Waals surface area (Å²) >= 11 is 0. The van der Waals surface area contributed by atoms with Gasteiger partial charge in [-0.1, -0.05) is 6.07 Å². The van der Waals surface area contributed by atoms with Gasteiger partial charge in [0.15, 0.2) is 0 Å². The van der Waals surface area contributed by atoms with Crippen LogP contribution in [-0.4, -0.2) is 27.5 Å². The van der Waals surface area contributed by atoms with E-state index in [1.54, 1.807) is 24.5 Å². The summed E-state index contributed by atoms with van der Waals surface area (Å²) in [7, 11) is 0. The highest BCUT2D eigenvalue weighted by Gasteiger charge is 2.43. The third-order valence-electron chi connectivity index (χ3n) is 3.21. The summed E-state index contributed by atoms with van der Waals surface area (Å²) in [5.74, 6) is -0.215. The molecular weight excluding hydrogens is 352 g/mol. The summed E-state index contributed by atoms with van der Waals surface area (Å²) in [5, 5.41) is 2.81. The van der Waals surface area contributed by atoms with Gasteiger partial charge in [-0.15, -0.1) is 0 Å². The van der Waals surface area contributed by atoms with Crippen LogP contribution in [0.4, 0.5) is 29.2 Å². The van der Waals surface area contributed by atoms with Gasteiger partial charge >= 0.3 is 12.5 Å². The van der Waals surface area contributed by atoms with Gasteiger partial charge < -0.3 is 10.1 Å². The topological polar surface area (TPSA) is 59.9 Å². The molecule has 0 aliphatic carbocycles. The van der Waals surface area contributed by atoms with Crippen LogP contribution in [-0.2, 0) is 0 Å². The number of pyridine rings is 1. The Hall–Kier alpha value is -3.23. The molecule has 134 valence electrons. The van der Waals surface area contributed by atoms with Crippen molar-refractivity contribution in [3.05, 3.63) is 61.1 Å². The highest BCUT2D eigenvalue weighted by molar-refractivity contribution is 5.61. The van der Waals surface area contributed by atoms with Gasteiger partial charge in [-0.05, 0) is 30.3 Å². The molecule has 0 atom stereocenters. The Morgan fingerprint density at radius 3 is 2.62 bits per heavy atom. The van der Waals surface area contributed by atoms with E-state index in [-0.39, 0.29) is 5.95 Å². The number of nitrogens with one attached hydrogen (secondary N) is 1. The van der Waals surface area contributed by atoms with Crippen LogP contribution in [0.5, 0.6) is 5.75 Å². The van der Waals surface area contributed by atoms with Crippen LogP contribution in [0.2, 0.25) is 0 Å². The first kappa shape index (κ1) is 17.6. The van der Waals surface area contributed by atoms with Crippen molar-refractivity contribution in [1.29, 1.82) is 0 Å². The quantitative estimate of drug-likeness (QED) is 0.652. The summed E-state index contributed by atoms with van der Waals surface area (Å²) in [6, 6.07) is 10.5. The summed E-state index contributed by atoms with van der Waals surface area (Å²) in [6.45, 7) is 0. The van der Waals surface area contributed by atoms with Crippen molar-refractivity contribution in [2.75, 3.05) is 5.32 Å². The molecule has 2 heterocycles. The van der Waals surface area contributed by atoms with E-state index in [1.807, 2.05) is 6.07 Å². The van der Waals surface area contributed by atoms with Gasteiger partial charge in [-0.25, -0.2) is 9.97 Å². The molecule has 26 heavy (non-hydrogen) atoms. The first-order valence-electron chi connectivity index (χ1n) is 7.39. The van der Waals surface area contributed by atoms with E-state index in [0.717, 1.165) is 17.7 Å². The van der Waals surface area contributed by atoms with Gasteiger partial charge in [-0.2, -0.15) is 17.6 Å². The minimum Gasteiger partial charge on any atom is -0.428 e. The van der Waals surface area contributed by atoms with Crippen LogP contribution >= 0.6 is 0 Å². The monoisotopic (exact) mass is 364 g/mol. The van der Waals surface area contributed by atoms with Crippen LogP contribution in [0.25, 0.3) is 11.3 Å². The Kier molecular flexibility index (Phi) is 4.97. The Labute approximate surface area is 145 Å². The zero-order chi connectivity index (χ0) is 18.6. The fourth-order valence-electron chi connectivity index (χ4n) is 2.06. The van der Waals surface area contributed by atoms with E-state index in [4.69, 9.17) is 0 Å². The third-order valence-corrected chi connectivity index (χ3v) is 3.21. The molecule has 5 nitrogen and oxygen atoms in total. The van der Waals surface area contributed by atoms with E-state index in [9.17, 15) is 17.6 Å². The van der Waals surface area contributed by atoms with Crippen molar-refractivity contribution in [2.24, 2.45) is 0 Å². The second kappa shape index (κ2) is 7.34. The molecule has 0 fully saturated rings. The number of alkyl halides is 4. The molecule has 0 bridgehead atoms. The first-order valence-corrected chi connectivity index (χ1v) is 7.39. The van der Waals surface area contributed by atoms with Gasteiger partial charge in [0.2, 0.25) is 5.95 Å². The van der Waals surface area contributed by atoms with Gasteiger partial charge in [0.25, 0.3) is 0 Å². The molecule has 9 heteroatoms. The van der Waals surface area contributed by atoms with Crippen LogP contribution in [0.1, 0.15) is 0 Å². The smallest absolute Gasteiger partial charge is 0.428 e. The minimum absolute atomic E-state index is 0.198. The number of halogens is 4. The number of nitrogens with zero attached hydrogens (tertiary/aromatic N) is 3. The molecule has 0 saturated carbocycles. The van der Waals surface area contributed by atoms with Crippen molar-refractivity contribution in [2.45, 2.75) is 12.5 Å². The van der Waals surface area contributed by atoms with E-state index in [2.05, 4.69) is 25.0 Å². The lowest BCUT2D eigenvalue weighted by Gasteiger charge is -2.17. The largest absolute Gasteiger partial charge is 0.461 e. The van der Waals surface area contributed by atoms with Gasteiger partial charge in [0.05, 0.1) is 5.69 Å². The lowest BCUT2D eigenvalue weighted by atomic mass is 10.2. The zero-order valence-corrected chi connectivity index (χ0v) is 13.1. The fraction of sp³-hybridized carbons (Fsp3) is 0.118. The van der Waals surface area contributed by atoms with Gasteiger partial charge in [0.1, 0.15) is 5.75 Å². The number of hydrogen-bond acceptors (Lipinski definition) is 5. The average Bonchev–Trinajstić information content (AvgIpc) is 2.62. The van der Waals surface area contributed by atoms with E-state index in [1.165, 1.54) is 18.3 Å². The van der Waals surface area contributed by atoms with Crippen molar-refractivity contribution in [3.63, 3.8) is 0 Å². The second-order valence-electron chi connectivity index (χ2n) is 5.12. The Morgan fingerprint density at radius 1 is 1.04 bits per heavy atom. The maximum absolute atomic E-state index is 13.0. The molecule has 0 aliphatic rings. The average molecular weight is 364 g/mol. The molecule has 3 rings (SSSR count). The minimum atomic E-state index is -4.57. The predicted octanol–water partition coefficient (Wildman–Crippen LogP) is 4.52. The fourth-order valence-corrected chi connectivity index (χ4v) is 2.06. The molecule has 0 amide bonds. The number of hydrogen-bond donors (Lipinski definition) is 1. The molecule has 0 unspecified atom stereocenters. The third kappa shape index (κ3) is 4.24. The molecule has 0 aliphatic heterocycles. The van der Waals surface area contributed by atoms with E-state index < -0.39 is 18.3 Å². The highest BCUT2D eigenvalue weighted by atomic mass is 19.3. The van der Waals surface area contributed by atoms with Crippen molar-refractivity contribution >= 4 is 11.6 Å². The molecular formula is C17H12F4N4O. The van der Waals surface area contributed by atoms with Crippen LogP contribution in [0, 0.1) is 0 Å². The summed E-state index contributed by atoms with van der Waals surface area (Å²) in [4.78, 5) is 12.3. The summed E-state index contributed by atoms with van der Waals surface area (Å²) in [5.41, 5.74) is 1.68. The van der Waals surface area contributed by atoms with Gasteiger partial charge in [-0.3, -0.25) is 4.98 Å². The molecule has 2 aromatic heterocycles. The number of rotatable bonds is 6. The number of anilines is 2. The normalized spacial score (nSPS) is 11.4. The molecule has 0 saturated heterocycles. The lowest BCUT2D eigenvalue weighted by Crippen LogP contribution is -2.33. The Morgan fingerprint density at radius 2 is 1.88 bits per heavy atom. The summed E-state index contributed by atoms with van der Waals surface area (Å²) < 4.78 is 54.5. The molecule has 0 spiro atoms. The van der Waals surface area contributed by atoms with Crippen molar-refractivity contribution < 1.29 is 22.3 Å². The Balaban J connectivity index is 1.79. The van der Waals surface area contributed by atoms with E-state index in [0.29, 0.717) is 11.4 Å². The van der Waals surface area contributed by atoms with Crippen LogP contribution in [0.15, 0.2) is 61.1 Å². The zero-order valence-electron chi connectivity index (χ0n) is 13.1. The molecule has 1 N–H and O–H groups in total. The summed E-state index contributed by atoms with van der Waals surface area (Å²) in [6.07, 6.45) is -3.73.